The van der Waals surface area contributed by atoms with Crippen LogP contribution >= 0.6 is 0 Å². The van der Waals surface area contributed by atoms with E-state index in [9.17, 15) is 14.4 Å². The number of aliphatic hydroxyl groups excluding tert-OH is 1. The fourth-order valence-electron chi connectivity index (χ4n) is 1.71. The number of nitrogens with zero attached hydrogens (tertiary/aromatic N) is 1. The van der Waals surface area contributed by atoms with Gasteiger partial charge in [-0.15, -0.1) is 0 Å². The summed E-state index contributed by atoms with van der Waals surface area (Å²) in [5, 5.41) is 13.9. The van der Waals surface area contributed by atoms with E-state index in [-0.39, 0.29) is 19.7 Å². The van der Waals surface area contributed by atoms with Gasteiger partial charge < -0.3 is 15.7 Å². The second-order valence-electron chi connectivity index (χ2n) is 4.05. The number of carbonyl (C=O) groups is 3. The van der Waals surface area contributed by atoms with Crippen LogP contribution in [0.3, 0.4) is 0 Å². The molecule has 0 bridgehead atoms. The number of nitrogens with one attached hydrogen (secondary N) is 2. The van der Waals surface area contributed by atoms with Gasteiger partial charge in [0.1, 0.15) is 6.54 Å². The summed E-state index contributed by atoms with van der Waals surface area (Å²) in [6, 6.07) is 6.11. The van der Waals surface area contributed by atoms with E-state index in [4.69, 9.17) is 5.11 Å². The second kappa shape index (κ2) is 5.49. The minimum absolute atomic E-state index is 0.0773. The summed E-state index contributed by atoms with van der Waals surface area (Å²) in [7, 11) is 0. The van der Waals surface area contributed by atoms with Gasteiger partial charge in [-0.3, -0.25) is 14.5 Å². The lowest BCUT2D eigenvalue weighted by Crippen LogP contribution is -2.38. The average molecular weight is 263 g/mol. The van der Waals surface area contributed by atoms with Gasteiger partial charge in [0, 0.05) is 5.69 Å². The Bertz CT molecular complexity index is 513. The first kappa shape index (κ1) is 13.0. The lowest BCUT2D eigenvalue weighted by molar-refractivity contribution is -0.128. The molecule has 1 aromatic carbocycles. The smallest absolute Gasteiger partial charge is 0.325 e. The standard InChI is InChI=1S/C12H13N3O4/c16-7-8-2-1-3-9(4-8)14-10(17)6-15-11(18)5-13-12(15)19/h1-4,16H,5-7H2,(H,13,19)(H,14,17). The number of carbonyl (C=O) groups excluding carboxylic acids is 3. The van der Waals surface area contributed by atoms with Gasteiger partial charge in [-0.05, 0) is 17.7 Å². The van der Waals surface area contributed by atoms with Crippen LogP contribution < -0.4 is 10.6 Å². The van der Waals surface area contributed by atoms with Gasteiger partial charge in [0.25, 0.3) is 5.91 Å². The molecular weight excluding hydrogens is 250 g/mol. The van der Waals surface area contributed by atoms with Gasteiger partial charge in [0.05, 0.1) is 13.2 Å². The predicted molar refractivity (Wildman–Crippen MR) is 66.1 cm³/mol. The first-order chi connectivity index (χ1) is 9.10. The molecule has 1 fully saturated rings. The van der Waals surface area contributed by atoms with Crippen molar-refractivity contribution in [3.63, 3.8) is 0 Å². The highest BCUT2D eigenvalue weighted by atomic mass is 16.3. The SMILES string of the molecule is O=C(CN1C(=O)CNC1=O)Nc1cccc(CO)c1. The molecule has 100 valence electrons. The van der Waals surface area contributed by atoms with E-state index >= 15 is 0 Å². The van der Waals surface area contributed by atoms with Crippen molar-refractivity contribution in [2.24, 2.45) is 0 Å². The highest BCUT2D eigenvalue weighted by Crippen LogP contribution is 2.10. The Morgan fingerprint density at radius 3 is 2.84 bits per heavy atom. The summed E-state index contributed by atoms with van der Waals surface area (Å²) in [4.78, 5) is 35.1. The molecule has 1 aromatic rings. The maximum atomic E-state index is 11.7. The number of benzene rings is 1. The fraction of sp³-hybridized carbons (Fsp3) is 0.250. The van der Waals surface area contributed by atoms with E-state index in [1.165, 1.54) is 0 Å². The van der Waals surface area contributed by atoms with Crippen LogP contribution in [-0.4, -0.2) is 40.9 Å². The Morgan fingerprint density at radius 1 is 1.42 bits per heavy atom. The molecular formula is C12H13N3O4. The summed E-state index contributed by atoms with van der Waals surface area (Å²) in [6.07, 6.45) is 0. The number of imide groups is 1. The molecule has 1 aliphatic rings. The van der Waals surface area contributed by atoms with Crippen LogP contribution in [0.4, 0.5) is 10.5 Å². The van der Waals surface area contributed by atoms with Crippen LogP contribution in [0, 0.1) is 0 Å². The van der Waals surface area contributed by atoms with Crippen LogP contribution in [0.2, 0.25) is 0 Å². The van der Waals surface area contributed by atoms with Crippen LogP contribution in [0.25, 0.3) is 0 Å². The van der Waals surface area contributed by atoms with E-state index in [0.29, 0.717) is 11.3 Å². The third-order valence-corrected chi connectivity index (χ3v) is 2.63. The number of hydrogen-bond donors (Lipinski definition) is 3. The Hall–Kier alpha value is -2.41. The van der Waals surface area contributed by atoms with Gasteiger partial charge in [0.2, 0.25) is 5.91 Å². The topological polar surface area (TPSA) is 98.7 Å². The molecule has 7 heteroatoms. The molecule has 0 radical (unpaired) electrons. The monoisotopic (exact) mass is 263 g/mol. The first-order valence-corrected chi connectivity index (χ1v) is 5.68. The first-order valence-electron chi connectivity index (χ1n) is 5.68. The molecule has 1 saturated heterocycles. The molecule has 2 rings (SSSR count). The van der Waals surface area contributed by atoms with E-state index in [1.54, 1.807) is 24.3 Å². The van der Waals surface area contributed by atoms with Gasteiger partial charge in [-0.1, -0.05) is 12.1 Å². The van der Waals surface area contributed by atoms with Gasteiger partial charge in [-0.25, -0.2) is 4.79 Å². The predicted octanol–water partition coefficient (Wildman–Crippen LogP) is -0.331. The third kappa shape index (κ3) is 3.08. The van der Waals surface area contributed by atoms with Crippen molar-refractivity contribution in [3.05, 3.63) is 29.8 Å². The number of anilines is 1. The van der Waals surface area contributed by atoms with Crippen molar-refractivity contribution in [2.75, 3.05) is 18.4 Å². The largest absolute Gasteiger partial charge is 0.392 e. The molecule has 0 spiro atoms. The normalized spacial score (nSPS) is 14.5. The van der Waals surface area contributed by atoms with Crippen molar-refractivity contribution >= 4 is 23.5 Å². The number of hydrogen-bond acceptors (Lipinski definition) is 4. The molecule has 1 aliphatic heterocycles. The molecule has 1 heterocycles. The number of rotatable bonds is 4. The van der Waals surface area contributed by atoms with Crippen molar-refractivity contribution < 1.29 is 19.5 Å². The molecule has 0 atom stereocenters. The Balaban J connectivity index is 1.97. The average Bonchev–Trinajstić information content (AvgIpc) is 2.71. The minimum atomic E-state index is -0.566. The zero-order valence-electron chi connectivity index (χ0n) is 10.0. The molecule has 19 heavy (non-hydrogen) atoms. The summed E-state index contributed by atoms with van der Waals surface area (Å²) in [5.74, 6) is -0.898. The lowest BCUT2D eigenvalue weighted by atomic mass is 10.2. The highest BCUT2D eigenvalue weighted by molar-refractivity contribution is 6.06. The summed E-state index contributed by atoms with van der Waals surface area (Å²) >= 11 is 0. The van der Waals surface area contributed by atoms with Crippen molar-refractivity contribution in [3.8, 4) is 0 Å². The highest BCUT2D eigenvalue weighted by Gasteiger charge is 2.30. The maximum Gasteiger partial charge on any atom is 0.325 e. The number of aliphatic hydroxyl groups is 1. The van der Waals surface area contributed by atoms with Gasteiger partial charge in [0.15, 0.2) is 0 Å². The molecule has 3 N–H and O–H groups in total. The molecule has 0 unspecified atom stereocenters. The maximum absolute atomic E-state index is 11.7. The minimum Gasteiger partial charge on any atom is -0.392 e. The molecule has 0 aromatic heterocycles. The van der Waals surface area contributed by atoms with E-state index in [1.807, 2.05) is 0 Å². The van der Waals surface area contributed by atoms with E-state index in [2.05, 4.69) is 10.6 Å². The van der Waals surface area contributed by atoms with E-state index < -0.39 is 17.8 Å². The van der Waals surface area contributed by atoms with Gasteiger partial charge in [-0.2, -0.15) is 0 Å². The van der Waals surface area contributed by atoms with Crippen LogP contribution in [-0.2, 0) is 16.2 Å². The summed E-state index contributed by atoms with van der Waals surface area (Å²) in [5.41, 5.74) is 1.16. The lowest BCUT2D eigenvalue weighted by Gasteiger charge is -2.12. The molecule has 0 aliphatic carbocycles. The van der Waals surface area contributed by atoms with Crippen molar-refractivity contribution in [2.45, 2.75) is 6.61 Å². The summed E-state index contributed by atoms with van der Waals surface area (Å²) in [6.45, 7) is -0.531. The number of urea groups is 1. The zero-order chi connectivity index (χ0) is 13.8. The molecule has 4 amide bonds. The third-order valence-electron chi connectivity index (χ3n) is 2.63. The Morgan fingerprint density at radius 2 is 2.21 bits per heavy atom. The van der Waals surface area contributed by atoms with Crippen molar-refractivity contribution in [1.82, 2.24) is 10.2 Å². The quantitative estimate of drug-likeness (QED) is 0.648. The second-order valence-corrected chi connectivity index (χ2v) is 4.05. The van der Waals surface area contributed by atoms with Crippen LogP contribution in [0.5, 0.6) is 0 Å². The molecule has 7 nitrogen and oxygen atoms in total. The number of amides is 4. The Kier molecular flexibility index (Phi) is 3.76. The summed E-state index contributed by atoms with van der Waals surface area (Å²) < 4.78 is 0. The van der Waals surface area contributed by atoms with E-state index in [0.717, 1.165) is 4.90 Å². The van der Waals surface area contributed by atoms with Crippen LogP contribution in [0.1, 0.15) is 5.56 Å². The zero-order valence-corrected chi connectivity index (χ0v) is 10.0. The van der Waals surface area contributed by atoms with Crippen LogP contribution in [0.15, 0.2) is 24.3 Å². The van der Waals surface area contributed by atoms with Crippen molar-refractivity contribution in [1.29, 1.82) is 0 Å². The molecule has 0 saturated carbocycles. The fourth-order valence-corrected chi connectivity index (χ4v) is 1.71. The Labute approximate surface area is 109 Å². The van der Waals surface area contributed by atoms with Gasteiger partial charge >= 0.3 is 6.03 Å².